The number of halogens is 2. The lowest BCUT2D eigenvalue weighted by atomic mass is 10.0. The Morgan fingerprint density at radius 3 is 2.36 bits per heavy atom. The van der Waals surface area contributed by atoms with E-state index in [1.807, 2.05) is 43.5 Å². The fourth-order valence-electron chi connectivity index (χ4n) is 4.96. The maximum Gasteiger partial charge on any atom is 0.266 e. The number of aromatic nitrogens is 3. The molecule has 3 aromatic carbocycles. The van der Waals surface area contributed by atoms with Crippen molar-refractivity contribution in [1.82, 2.24) is 14.2 Å². The van der Waals surface area contributed by atoms with Crippen LogP contribution in [0.4, 0.5) is 8.78 Å². The highest BCUT2D eigenvalue weighted by Crippen LogP contribution is 2.35. The SMILES string of the molecule is Cc1ccc(-c2ccn3nccc(Oc4ccc(CC(=O)c5c(C)ccn(-c6ccc(F)cc6)c5=O)cc4F)c23)cc1. The summed E-state index contributed by atoms with van der Waals surface area (Å²) in [5.41, 5.74) is 4.50. The molecule has 208 valence electrons. The number of ketones is 1. The zero-order valence-corrected chi connectivity index (χ0v) is 22.8. The number of carbonyl (C=O) groups is 1. The fraction of sp³-hybridized carbons (Fsp3) is 0.0882. The van der Waals surface area contributed by atoms with Gasteiger partial charge in [-0.15, -0.1) is 0 Å². The van der Waals surface area contributed by atoms with E-state index >= 15 is 4.39 Å². The van der Waals surface area contributed by atoms with E-state index in [0.29, 0.717) is 28.1 Å². The van der Waals surface area contributed by atoms with Gasteiger partial charge in [0.05, 0.1) is 11.8 Å². The van der Waals surface area contributed by atoms with Crippen molar-refractivity contribution in [1.29, 1.82) is 0 Å². The molecule has 0 atom stereocenters. The molecule has 0 unspecified atom stereocenters. The number of rotatable bonds is 7. The van der Waals surface area contributed by atoms with Crippen LogP contribution >= 0.6 is 0 Å². The quantitative estimate of drug-likeness (QED) is 0.192. The molecule has 0 saturated heterocycles. The first-order valence-electron chi connectivity index (χ1n) is 13.3. The average Bonchev–Trinajstić information content (AvgIpc) is 3.41. The summed E-state index contributed by atoms with van der Waals surface area (Å²) in [4.78, 5) is 26.5. The van der Waals surface area contributed by atoms with E-state index in [0.717, 1.165) is 16.7 Å². The molecule has 0 N–H and O–H groups in total. The van der Waals surface area contributed by atoms with Gasteiger partial charge >= 0.3 is 0 Å². The number of hydrogen-bond donors (Lipinski definition) is 0. The zero-order chi connectivity index (χ0) is 29.4. The molecule has 6 rings (SSSR count). The van der Waals surface area contributed by atoms with Gasteiger partial charge < -0.3 is 4.74 Å². The molecule has 0 aliphatic carbocycles. The topological polar surface area (TPSA) is 65.6 Å². The fourth-order valence-corrected chi connectivity index (χ4v) is 4.96. The second-order valence-electron chi connectivity index (χ2n) is 10.1. The van der Waals surface area contributed by atoms with Crippen molar-refractivity contribution in [2.45, 2.75) is 20.3 Å². The maximum atomic E-state index is 15.3. The molecule has 0 radical (unpaired) electrons. The first-order valence-corrected chi connectivity index (χ1v) is 13.3. The Labute approximate surface area is 240 Å². The highest BCUT2D eigenvalue weighted by Gasteiger charge is 2.19. The lowest BCUT2D eigenvalue weighted by Gasteiger charge is -2.12. The Hall–Kier alpha value is -5.37. The summed E-state index contributed by atoms with van der Waals surface area (Å²) in [5, 5.41) is 4.35. The van der Waals surface area contributed by atoms with Crippen molar-refractivity contribution in [2.24, 2.45) is 0 Å². The second-order valence-corrected chi connectivity index (χ2v) is 10.1. The van der Waals surface area contributed by atoms with Crippen LogP contribution in [0.25, 0.3) is 22.3 Å². The van der Waals surface area contributed by atoms with Gasteiger partial charge in [0.2, 0.25) is 0 Å². The standard InChI is InChI=1S/C34H25F2N3O3/c1-21-3-6-24(7-4-21)27-15-18-39-33(27)31(13-16-37-39)42-30-12-5-23(19-28(30)36)20-29(40)32-22(2)14-17-38(34(32)41)26-10-8-25(35)9-11-26/h3-19H,20H2,1-2H3. The predicted molar refractivity (Wildman–Crippen MR) is 157 cm³/mol. The van der Waals surface area contributed by atoms with E-state index in [4.69, 9.17) is 4.74 Å². The highest BCUT2D eigenvalue weighted by molar-refractivity contribution is 5.98. The molecule has 6 nitrogen and oxygen atoms in total. The zero-order valence-electron chi connectivity index (χ0n) is 22.8. The monoisotopic (exact) mass is 561 g/mol. The summed E-state index contributed by atoms with van der Waals surface area (Å²) in [6.07, 6.45) is 4.75. The van der Waals surface area contributed by atoms with Crippen LogP contribution in [-0.4, -0.2) is 20.0 Å². The van der Waals surface area contributed by atoms with Crippen molar-refractivity contribution in [3.8, 4) is 28.3 Å². The summed E-state index contributed by atoms with van der Waals surface area (Å²) < 4.78 is 37.7. The van der Waals surface area contributed by atoms with Gasteiger partial charge in [0.25, 0.3) is 5.56 Å². The largest absolute Gasteiger partial charge is 0.452 e. The number of fused-ring (bicyclic) bond motifs is 1. The molecule has 0 bridgehead atoms. The minimum absolute atomic E-state index is 0.00129. The number of benzene rings is 3. The number of nitrogens with zero attached hydrogens (tertiary/aromatic N) is 3. The maximum absolute atomic E-state index is 15.3. The first kappa shape index (κ1) is 26.8. The van der Waals surface area contributed by atoms with Crippen LogP contribution < -0.4 is 10.3 Å². The van der Waals surface area contributed by atoms with Gasteiger partial charge in [0.1, 0.15) is 11.3 Å². The Kier molecular flexibility index (Phi) is 6.96. The summed E-state index contributed by atoms with van der Waals surface area (Å²) in [5.74, 6) is -1.11. The van der Waals surface area contributed by atoms with Crippen molar-refractivity contribution in [2.75, 3.05) is 0 Å². The van der Waals surface area contributed by atoms with E-state index in [9.17, 15) is 14.0 Å². The average molecular weight is 562 g/mol. The molecule has 8 heteroatoms. The van der Waals surface area contributed by atoms with Crippen LogP contribution in [0.1, 0.15) is 27.0 Å². The molecular formula is C34H25F2N3O3. The molecule has 0 saturated carbocycles. The third-order valence-electron chi connectivity index (χ3n) is 7.14. The van der Waals surface area contributed by atoms with Crippen molar-refractivity contribution in [3.63, 3.8) is 0 Å². The molecule has 0 fully saturated rings. The number of aryl methyl sites for hydroxylation is 2. The van der Waals surface area contributed by atoms with E-state index < -0.39 is 23.0 Å². The Bertz CT molecular complexity index is 2010. The third kappa shape index (κ3) is 5.10. The van der Waals surface area contributed by atoms with Crippen LogP contribution in [0, 0.1) is 25.5 Å². The van der Waals surface area contributed by atoms with Gasteiger partial charge in [0.15, 0.2) is 23.1 Å². The van der Waals surface area contributed by atoms with Crippen LogP contribution in [0.15, 0.2) is 108 Å². The molecule has 3 heterocycles. The molecule has 3 aromatic heterocycles. The van der Waals surface area contributed by atoms with E-state index in [-0.39, 0.29) is 17.7 Å². The Morgan fingerprint density at radius 1 is 0.857 bits per heavy atom. The summed E-state index contributed by atoms with van der Waals surface area (Å²) >= 11 is 0. The molecule has 0 amide bonds. The molecule has 0 spiro atoms. The molecule has 6 aromatic rings. The van der Waals surface area contributed by atoms with Crippen LogP contribution in [0.5, 0.6) is 11.5 Å². The second kappa shape index (κ2) is 10.9. The van der Waals surface area contributed by atoms with E-state index in [2.05, 4.69) is 5.10 Å². The highest BCUT2D eigenvalue weighted by atomic mass is 19.1. The van der Waals surface area contributed by atoms with E-state index in [1.54, 1.807) is 42.0 Å². The lowest BCUT2D eigenvalue weighted by Crippen LogP contribution is -2.27. The van der Waals surface area contributed by atoms with Gasteiger partial charge in [0, 0.05) is 36.1 Å². The van der Waals surface area contributed by atoms with Crippen molar-refractivity contribution in [3.05, 3.63) is 148 Å². The Balaban J connectivity index is 1.27. The summed E-state index contributed by atoms with van der Waals surface area (Å²) in [7, 11) is 0. The van der Waals surface area contributed by atoms with Crippen LogP contribution in [-0.2, 0) is 6.42 Å². The molecule has 42 heavy (non-hydrogen) atoms. The summed E-state index contributed by atoms with van der Waals surface area (Å²) in [6, 6.07) is 23.0. The van der Waals surface area contributed by atoms with Gasteiger partial charge in [-0.1, -0.05) is 35.9 Å². The van der Waals surface area contributed by atoms with Gasteiger partial charge in [-0.2, -0.15) is 5.10 Å². The normalized spacial score (nSPS) is 11.1. The van der Waals surface area contributed by atoms with Gasteiger partial charge in [-0.25, -0.2) is 13.3 Å². The molecule has 0 aliphatic rings. The van der Waals surface area contributed by atoms with Crippen molar-refractivity contribution >= 4 is 11.3 Å². The number of pyridine rings is 1. The lowest BCUT2D eigenvalue weighted by molar-refractivity contribution is 0.0990. The number of Topliss-reactive ketones (excluding diaryl/α,β-unsaturated/α-hetero) is 1. The third-order valence-corrected chi connectivity index (χ3v) is 7.14. The minimum Gasteiger partial charge on any atom is -0.452 e. The Morgan fingerprint density at radius 2 is 1.62 bits per heavy atom. The first-order chi connectivity index (χ1) is 20.3. The van der Waals surface area contributed by atoms with E-state index in [1.165, 1.54) is 41.0 Å². The van der Waals surface area contributed by atoms with Crippen LogP contribution in [0.3, 0.4) is 0 Å². The minimum atomic E-state index is -0.646. The number of carbonyl (C=O) groups excluding carboxylic acids is 1. The van der Waals surface area contributed by atoms with Gasteiger partial charge in [-0.05, 0) is 79.1 Å². The number of hydrogen-bond acceptors (Lipinski definition) is 4. The summed E-state index contributed by atoms with van der Waals surface area (Å²) in [6.45, 7) is 3.69. The molecular weight excluding hydrogens is 536 g/mol. The smallest absolute Gasteiger partial charge is 0.266 e. The molecule has 0 aliphatic heterocycles. The predicted octanol–water partition coefficient (Wildman–Crippen LogP) is 7.26. The van der Waals surface area contributed by atoms with Gasteiger partial charge in [-0.3, -0.25) is 14.2 Å². The van der Waals surface area contributed by atoms with Crippen LogP contribution in [0.2, 0.25) is 0 Å². The number of ether oxygens (including phenoxy) is 1. The van der Waals surface area contributed by atoms with Crippen molar-refractivity contribution < 1.29 is 18.3 Å².